The summed E-state index contributed by atoms with van der Waals surface area (Å²) >= 11 is 0. The number of benzene rings is 1. The van der Waals surface area contributed by atoms with Gasteiger partial charge in [0.1, 0.15) is 11.8 Å². The molecule has 1 heterocycles. The Balaban J connectivity index is 2.34. The number of phenols is 1. The van der Waals surface area contributed by atoms with Gasteiger partial charge in [-0.05, 0) is 35.9 Å². The summed E-state index contributed by atoms with van der Waals surface area (Å²) < 4.78 is 37.3. The summed E-state index contributed by atoms with van der Waals surface area (Å²) in [4.78, 5) is 3.67. The van der Waals surface area contributed by atoms with Crippen LogP contribution in [0.15, 0.2) is 42.6 Å². The summed E-state index contributed by atoms with van der Waals surface area (Å²) in [6, 6.07) is 9.98. The van der Waals surface area contributed by atoms with Crippen molar-refractivity contribution in [3.63, 3.8) is 0 Å². The number of allylic oxidation sites excluding steroid dienone is 1. The largest absolute Gasteiger partial charge is 0.508 e. The summed E-state index contributed by atoms with van der Waals surface area (Å²) in [5.41, 5.74) is 0.0483. The Labute approximate surface area is 118 Å². The fourth-order valence-electron chi connectivity index (χ4n) is 1.62. The first-order valence-electron chi connectivity index (χ1n) is 5.84. The molecule has 3 nitrogen and oxygen atoms in total. The highest BCUT2D eigenvalue weighted by Crippen LogP contribution is 2.29. The van der Waals surface area contributed by atoms with Gasteiger partial charge < -0.3 is 5.11 Å². The first kappa shape index (κ1) is 14.6. The standard InChI is InChI=1S/C15H9F3N2O/c16-15(17,18)12-3-6-14(20-9-12)11(8-19)7-10-1-4-13(21)5-2-10/h1-7,9,21H. The Bertz CT molecular complexity index is 696. The molecule has 2 rings (SSSR count). The quantitative estimate of drug-likeness (QED) is 0.854. The Morgan fingerprint density at radius 2 is 1.81 bits per heavy atom. The zero-order valence-electron chi connectivity index (χ0n) is 10.6. The molecule has 0 aliphatic heterocycles. The molecule has 0 unspecified atom stereocenters. The zero-order valence-corrected chi connectivity index (χ0v) is 10.6. The smallest absolute Gasteiger partial charge is 0.417 e. The topological polar surface area (TPSA) is 56.9 Å². The van der Waals surface area contributed by atoms with Crippen molar-refractivity contribution < 1.29 is 18.3 Å². The molecule has 0 saturated carbocycles. The van der Waals surface area contributed by atoms with Crippen LogP contribution in [0, 0.1) is 11.3 Å². The highest BCUT2D eigenvalue weighted by molar-refractivity contribution is 5.88. The first-order chi connectivity index (χ1) is 9.90. The number of hydrogen-bond acceptors (Lipinski definition) is 3. The fraction of sp³-hybridized carbons (Fsp3) is 0.0667. The van der Waals surface area contributed by atoms with Gasteiger partial charge in [0.2, 0.25) is 0 Å². The molecule has 6 heteroatoms. The molecule has 0 aliphatic rings. The van der Waals surface area contributed by atoms with E-state index in [-0.39, 0.29) is 17.0 Å². The summed E-state index contributed by atoms with van der Waals surface area (Å²) in [5, 5.41) is 18.3. The molecule has 2 aromatic rings. The van der Waals surface area contributed by atoms with Crippen LogP contribution in [-0.4, -0.2) is 10.1 Å². The van der Waals surface area contributed by atoms with Crippen LogP contribution in [0.1, 0.15) is 16.8 Å². The second kappa shape index (κ2) is 5.67. The molecule has 0 radical (unpaired) electrons. The van der Waals surface area contributed by atoms with Crippen molar-refractivity contribution in [3.8, 4) is 11.8 Å². The third kappa shape index (κ3) is 3.60. The Morgan fingerprint density at radius 3 is 2.29 bits per heavy atom. The maximum Gasteiger partial charge on any atom is 0.417 e. The predicted molar refractivity (Wildman–Crippen MR) is 70.8 cm³/mol. The zero-order chi connectivity index (χ0) is 15.5. The van der Waals surface area contributed by atoms with E-state index in [1.807, 2.05) is 6.07 Å². The van der Waals surface area contributed by atoms with Crippen LogP contribution < -0.4 is 0 Å². The van der Waals surface area contributed by atoms with Crippen LogP contribution in [0.5, 0.6) is 5.75 Å². The second-order valence-electron chi connectivity index (χ2n) is 4.19. The van der Waals surface area contributed by atoms with Gasteiger partial charge in [-0.1, -0.05) is 12.1 Å². The Kier molecular flexibility index (Phi) is 3.94. The molecular weight excluding hydrogens is 281 g/mol. The van der Waals surface area contributed by atoms with E-state index in [4.69, 9.17) is 10.4 Å². The third-order valence-electron chi connectivity index (χ3n) is 2.69. The number of pyridine rings is 1. The van der Waals surface area contributed by atoms with Gasteiger partial charge in [-0.15, -0.1) is 0 Å². The molecule has 1 aromatic heterocycles. The lowest BCUT2D eigenvalue weighted by molar-refractivity contribution is -0.137. The summed E-state index contributed by atoms with van der Waals surface area (Å²) in [5.74, 6) is 0.0818. The number of nitriles is 1. The molecule has 0 saturated heterocycles. The number of hydrogen-bond donors (Lipinski definition) is 1. The Hall–Kier alpha value is -2.81. The second-order valence-corrected chi connectivity index (χ2v) is 4.19. The normalized spacial score (nSPS) is 12.0. The predicted octanol–water partition coefficient (Wildman–Crippen LogP) is 3.87. The highest BCUT2D eigenvalue weighted by Gasteiger charge is 2.30. The lowest BCUT2D eigenvalue weighted by atomic mass is 10.1. The SMILES string of the molecule is N#CC(=Cc1ccc(O)cc1)c1ccc(C(F)(F)F)cn1. The van der Waals surface area contributed by atoms with Crippen LogP contribution in [0.3, 0.4) is 0 Å². The van der Waals surface area contributed by atoms with Gasteiger partial charge in [0.15, 0.2) is 0 Å². The number of nitrogens with zero attached hydrogens (tertiary/aromatic N) is 2. The van der Waals surface area contributed by atoms with Gasteiger partial charge >= 0.3 is 6.18 Å². The molecular formula is C15H9F3N2O. The van der Waals surface area contributed by atoms with E-state index in [1.165, 1.54) is 18.2 Å². The number of aromatic nitrogens is 1. The molecule has 0 aliphatic carbocycles. The monoisotopic (exact) mass is 290 g/mol. The van der Waals surface area contributed by atoms with Crippen LogP contribution in [0.2, 0.25) is 0 Å². The van der Waals surface area contributed by atoms with E-state index in [0.29, 0.717) is 11.8 Å². The van der Waals surface area contributed by atoms with E-state index in [1.54, 1.807) is 12.1 Å². The van der Waals surface area contributed by atoms with E-state index in [2.05, 4.69) is 4.98 Å². The van der Waals surface area contributed by atoms with Gasteiger partial charge in [0, 0.05) is 6.20 Å². The van der Waals surface area contributed by atoms with E-state index >= 15 is 0 Å². The summed E-state index contributed by atoms with van der Waals surface area (Å²) in [6.45, 7) is 0. The third-order valence-corrected chi connectivity index (χ3v) is 2.69. The molecule has 1 N–H and O–H groups in total. The minimum Gasteiger partial charge on any atom is -0.508 e. The number of aromatic hydroxyl groups is 1. The molecule has 0 bridgehead atoms. The summed E-state index contributed by atoms with van der Waals surface area (Å²) in [7, 11) is 0. The average Bonchev–Trinajstić information content (AvgIpc) is 2.46. The van der Waals surface area contributed by atoms with Crippen molar-refractivity contribution in [2.45, 2.75) is 6.18 Å². The number of halogens is 3. The van der Waals surface area contributed by atoms with Crippen molar-refractivity contribution in [3.05, 3.63) is 59.4 Å². The van der Waals surface area contributed by atoms with E-state index < -0.39 is 11.7 Å². The van der Waals surface area contributed by atoms with Crippen molar-refractivity contribution >= 4 is 11.6 Å². The Morgan fingerprint density at radius 1 is 1.14 bits per heavy atom. The van der Waals surface area contributed by atoms with Crippen LogP contribution in [-0.2, 0) is 6.18 Å². The number of alkyl halides is 3. The van der Waals surface area contributed by atoms with Gasteiger partial charge in [0.25, 0.3) is 0 Å². The molecule has 0 spiro atoms. The molecule has 1 aromatic carbocycles. The molecule has 0 amide bonds. The molecule has 21 heavy (non-hydrogen) atoms. The first-order valence-corrected chi connectivity index (χ1v) is 5.84. The van der Waals surface area contributed by atoms with Crippen LogP contribution >= 0.6 is 0 Å². The van der Waals surface area contributed by atoms with Gasteiger partial charge in [-0.25, -0.2) is 0 Å². The fourth-order valence-corrected chi connectivity index (χ4v) is 1.62. The minimum atomic E-state index is -4.46. The van der Waals surface area contributed by atoms with Crippen molar-refractivity contribution in [1.29, 1.82) is 5.26 Å². The lowest BCUT2D eigenvalue weighted by Gasteiger charge is -2.06. The van der Waals surface area contributed by atoms with Crippen molar-refractivity contribution in [2.75, 3.05) is 0 Å². The van der Waals surface area contributed by atoms with Crippen LogP contribution in [0.25, 0.3) is 11.6 Å². The lowest BCUT2D eigenvalue weighted by Crippen LogP contribution is -2.05. The number of rotatable bonds is 2. The van der Waals surface area contributed by atoms with Crippen molar-refractivity contribution in [1.82, 2.24) is 4.98 Å². The minimum absolute atomic E-state index is 0.0818. The van der Waals surface area contributed by atoms with E-state index in [0.717, 1.165) is 12.1 Å². The van der Waals surface area contributed by atoms with Gasteiger partial charge in [-0.2, -0.15) is 18.4 Å². The molecule has 0 fully saturated rings. The molecule has 0 atom stereocenters. The highest BCUT2D eigenvalue weighted by atomic mass is 19.4. The maximum absolute atomic E-state index is 12.4. The van der Waals surface area contributed by atoms with Gasteiger partial charge in [-0.3, -0.25) is 4.98 Å². The van der Waals surface area contributed by atoms with E-state index in [9.17, 15) is 13.2 Å². The number of phenolic OH excluding ortho intramolecular Hbond substituents is 1. The summed E-state index contributed by atoms with van der Waals surface area (Å²) in [6.07, 6.45) is -2.29. The molecule has 106 valence electrons. The van der Waals surface area contributed by atoms with Crippen molar-refractivity contribution in [2.24, 2.45) is 0 Å². The van der Waals surface area contributed by atoms with Gasteiger partial charge in [0.05, 0.1) is 16.8 Å². The average molecular weight is 290 g/mol. The maximum atomic E-state index is 12.4. The van der Waals surface area contributed by atoms with Crippen LogP contribution in [0.4, 0.5) is 13.2 Å².